The van der Waals surface area contributed by atoms with Gasteiger partial charge in [-0.1, -0.05) is 6.07 Å². The lowest BCUT2D eigenvalue weighted by atomic mass is 9.94. The Morgan fingerprint density at radius 2 is 1.94 bits per heavy atom. The number of nitrogens with one attached hydrogen (secondary N) is 2. The fourth-order valence-electron chi connectivity index (χ4n) is 3.77. The zero-order chi connectivity index (χ0) is 22.5. The molecule has 1 fully saturated rings. The summed E-state index contributed by atoms with van der Waals surface area (Å²) in [4.78, 5) is 40.5. The number of nitrogens with zero attached hydrogens (tertiary/aromatic N) is 2. The van der Waals surface area contributed by atoms with E-state index < -0.39 is 18.0 Å². The number of phenolic OH excluding ortho intramolecular Hbond substituents is 1. The first kappa shape index (κ1) is 22.4. The Balaban J connectivity index is 1.92. The molecule has 2 aliphatic rings. The summed E-state index contributed by atoms with van der Waals surface area (Å²) in [5.74, 6) is -0.306. The Morgan fingerprint density at radius 3 is 2.55 bits per heavy atom. The van der Waals surface area contributed by atoms with Gasteiger partial charge in [-0.3, -0.25) is 9.69 Å². The summed E-state index contributed by atoms with van der Waals surface area (Å²) < 4.78 is 10.4. The van der Waals surface area contributed by atoms with Gasteiger partial charge in [0, 0.05) is 45.3 Å². The summed E-state index contributed by atoms with van der Waals surface area (Å²) in [5, 5.41) is 15.5. The highest BCUT2D eigenvalue weighted by atomic mass is 16.5. The van der Waals surface area contributed by atoms with E-state index in [-0.39, 0.29) is 23.0 Å². The zero-order valence-electron chi connectivity index (χ0n) is 17.9. The number of methoxy groups -OCH3 is 1. The second-order valence-electron chi connectivity index (χ2n) is 7.36. The van der Waals surface area contributed by atoms with Gasteiger partial charge in [0.25, 0.3) is 0 Å². The molecule has 0 bridgehead atoms. The average Bonchev–Trinajstić information content (AvgIpc) is 2.75. The molecule has 3 amide bonds. The number of benzene rings is 1. The molecule has 2 aliphatic heterocycles. The van der Waals surface area contributed by atoms with Crippen molar-refractivity contribution in [2.75, 3.05) is 46.4 Å². The predicted molar refractivity (Wildman–Crippen MR) is 111 cm³/mol. The van der Waals surface area contributed by atoms with Crippen molar-refractivity contribution < 1.29 is 29.0 Å². The normalized spacial score (nSPS) is 19.5. The molecule has 0 saturated carbocycles. The van der Waals surface area contributed by atoms with Gasteiger partial charge in [0.05, 0.1) is 25.3 Å². The van der Waals surface area contributed by atoms with Crippen LogP contribution in [-0.2, 0) is 14.3 Å². The Labute approximate surface area is 180 Å². The fourth-order valence-corrected chi connectivity index (χ4v) is 3.77. The van der Waals surface area contributed by atoms with Crippen LogP contribution in [0.2, 0.25) is 0 Å². The van der Waals surface area contributed by atoms with Crippen molar-refractivity contribution in [3.63, 3.8) is 0 Å². The summed E-state index contributed by atoms with van der Waals surface area (Å²) in [7, 11) is 1.29. The van der Waals surface area contributed by atoms with Gasteiger partial charge in [-0.05, 0) is 24.6 Å². The van der Waals surface area contributed by atoms with Crippen LogP contribution < -0.4 is 15.4 Å². The van der Waals surface area contributed by atoms with Crippen LogP contribution >= 0.6 is 0 Å². The monoisotopic (exact) mass is 432 g/mol. The molecular formula is C21H28N4O6. The van der Waals surface area contributed by atoms with E-state index in [1.807, 2.05) is 0 Å². The number of ether oxygens (including phenoxy) is 2. The second kappa shape index (κ2) is 9.69. The SMILES string of the molecule is CCOc1cc(C2NC(=O)NC(CN3CCN(C(C)=O)CC3)=C2C(=O)OC)ccc1O. The van der Waals surface area contributed by atoms with E-state index in [0.717, 1.165) is 0 Å². The Kier molecular flexibility index (Phi) is 7.01. The number of phenols is 1. The van der Waals surface area contributed by atoms with Gasteiger partial charge in [-0.15, -0.1) is 0 Å². The van der Waals surface area contributed by atoms with Gasteiger partial charge >= 0.3 is 12.0 Å². The predicted octanol–water partition coefficient (Wildman–Crippen LogP) is 0.736. The van der Waals surface area contributed by atoms with Crippen molar-refractivity contribution in [3.8, 4) is 11.5 Å². The number of piperazine rings is 1. The first-order valence-electron chi connectivity index (χ1n) is 10.2. The third-order valence-electron chi connectivity index (χ3n) is 5.38. The number of rotatable bonds is 6. The van der Waals surface area contributed by atoms with E-state index in [9.17, 15) is 19.5 Å². The molecule has 3 rings (SSSR count). The minimum Gasteiger partial charge on any atom is -0.504 e. The van der Waals surface area contributed by atoms with E-state index in [0.29, 0.717) is 50.6 Å². The van der Waals surface area contributed by atoms with Gasteiger partial charge in [-0.25, -0.2) is 9.59 Å². The summed E-state index contributed by atoms with van der Waals surface area (Å²) in [5.41, 5.74) is 1.31. The van der Waals surface area contributed by atoms with Gasteiger partial charge in [0.2, 0.25) is 5.91 Å². The van der Waals surface area contributed by atoms with Crippen molar-refractivity contribution in [2.24, 2.45) is 0 Å². The second-order valence-corrected chi connectivity index (χ2v) is 7.36. The van der Waals surface area contributed by atoms with Crippen LogP contribution in [0.25, 0.3) is 0 Å². The van der Waals surface area contributed by atoms with Crippen LogP contribution in [0.3, 0.4) is 0 Å². The molecule has 1 atom stereocenters. The highest BCUT2D eigenvalue weighted by Crippen LogP contribution is 2.34. The van der Waals surface area contributed by atoms with Gasteiger partial charge < -0.3 is 30.1 Å². The number of hydrogen-bond acceptors (Lipinski definition) is 7. The Hall–Kier alpha value is -3.27. The van der Waals surface area contributed by atoms with Crippen LogP contribution in [0.4, 0.5) is 4.79 Å². The van der Waals surface area contributed by atoms with Crippen molar-refractivity contribution >= 4 is 17.9 Å². The number of carbonyl (C=O) groups excluding carboxylic acids is 3. The lowest BCUT2D eigenvalue weighted by molar-refractivity contribution is -0.136. The maximum Gasteiger partial charge on any atom is 0.338 e. The molecule has 1 aromatic rings. The Morgan fingerprint density at radius 1 is 1.23 bits per heavy atom. The molecule has 10 heteroatoms. The summed E-state index contributed by atoms with van der Waals surface area (Å²) in [6.07, 6.45) is 0. The van der Waals surface area contributed by atoms with Crippen LogP contribution in [0.5, 0.6) is 11.5 Å². The molecule has 1 unspecified atom stereocenters. The van der Waals surface area contributed by atoms with Crippen molar-refractivity contribution in [1.82, 2.24) is 20.4 Å². The number of hydrogen-bond donors (Lipinski definition) is 3. The summed E-state index contributed by atoms with van der Waals surface area (Å²) in [6, 6.07) is 3.47. The van der Waals surface area contributed by atoms with E-state index >= 15 is 0 Å². The van der Waals surface area contributed by atoms with Crippen LogP contribution in [0, 0.1) is 0 Å². The summed E-state index contributed by atoms with van der Waals surface area (Å²) in [6.45, 7) is 6.44. The van der Waals surface area contributed by atoms with Crippen LogP contribution in [0.1, 0.15) is 25.5 Å². The van der Waals surface area contributed by atoms with Crippen LogP contribution in [-0.4, -0.2) is 79.3 Å². The fraction of sp³-hybridized carbons (Fsp3) is 0.476. The maximum absolute atomic E-state index is 12.7. The average molecular weight is 432 g/mol. The first-order chi connectivity index (χ1) is 14.8. The number of carbonyl (C=O) groups is 3. The smallest absolute Gasteiger partial charge is 0.338 e. The minimum atomic E-state index is -0.769. The van der Waals surface area contributed by atoms with E-state index in [1.165, 1.54) is 13.2 Å². The first-order valence-corrected chi connectivity index (χ1v) is 10.2. The number of amides is 3. The number of esters is 1. The lowest BCUT2D eigenvalue weighted by Gasteiger charge is -2.36. The molecule has 1 aromatic carbocycles. The molecule has 10 nitrogen and oxygen atoms in total. The Bertz CT molecular complexity index is 892. The van der Waals surface area contributed by atoms with Gasteiger partial charge in [0.1, 0.15) is 0 Å². The van der Waals surface area contributed by atoms with Gasteiger partial charge in [-0.2, -0.15) is 0 Å². The molecule has 3 N–H and O–H groups in total. The minimum absolute atomic E-state index is 0.0294. The molecule has 2 heterocycles. The lowest BCUT2D eigenvalue weighted by Crippen LogP contribution is -2.52. The zero-order valence-corrected chi connectivity index (χ0v) is 17.9. The molecule has 0 radical (unpaired) electrons. The highest BCUT2D eigenvalue weighted by Gasteiger charge is 2.35. The van der Waals surface area contributed by atoms with E-state index in [2.05, 4.69) is 15.5 Å². The molecule has 31 heavy (non-hydrogen) atoms. The van der Waals surface area contributed by atoms with Crippen molar-refractivity contribution in [1.29, 1.82) is 0 Å². The number of urea groups is 1. The highest BCUT2D eigenvalue weighted by molar-refractivity contribution is 5.95. The van der Waals surface area contributed by atoms with E-state index in [1.54, 1.807) is 30.9 Å². The maximum atomic E-state index is 12.7. The molecule has 0 aromatic heterocycles. The topological polar surface area (TPSA) is 120 Å². The molecular weight excluding hydrogens is 404 g/mol. The quantitative estimate of drug-likeness (QED) is 0.567. The van der Waals surface area contributed by atoms with Crippen molar-refractivity contribution in [2.45, 2.75) is 19.9 Å². The third kappa shape index (κ3) is 5.08. The largest absolute Gasteiger partial charge is 0.504 e. The summed E-state index contributed by atoms with van der Waals surface area (Å²) >= 11 is 0. The van der Waals surface area contributed by atoms with E-state index in [4.69, 9.17) is 9.47 Å². The number of aromatic hydroxyl groups is 1. The standard InChI is InChI=1S/C21H28N4O6/c1-4-31-17-11-14(5-6-16(17)27)19-18(20(28)30-3)15(22-21(29)23-19)12-24-7-9-25(10-8-24)13(2)26/h5-6,11,19,27H,4,7-10,12H2,1-3H3,(H2,22,23,29). The molecule has 0 spiro atoms. The van der Waals surface area contributed by atoms with Gasteiger partial charge in [0.15, 0.2) is 11.5 Å². The van der Waals surface area contributed by atoms with Crippen molar-refractivity contribution in [3.05, 3.63) is 35.0 Å². The van der Waals surface area contributed by atoms with Crippen LogP contribution in [0.15, 0.2) is 29.5 Å². The molecule has 168 valence electrons. The molecule has 1 saturated heterocycles. The molecule has 0 aliphatic carbocycles. The third-order valence-corrected chi connectivity index (χ3v) is 5.38.